The summed E-state index contributed by atoms with van der Waals surface area (Å²) in [5, 5.41) is 17.7. The third-order valence-electron chi connectivity index (χ3n) is 2.32. The highest BCUT2D eigenvalue weighted by Crippen LogP contribution is 2.15. The molecule has 0 fully saturated rings. The number of unbranched alkanes of at least 4 members (excludes halogenated alkanes) is 2. The van der Waals surface area contributed by atoms with Crippen molar-refractivity contribution in [2.24, 2.45) is 5.41 Å². The molecule has 2 N–H and O–H groups in total. The molecule has 0 amide bonds. The molecule has 0 radical (unpaired) electrons. The summed E-state index contributed by atoms with van der Waals surface area (Å²) in [6, 6.07) is 0. The molecule has 0 aliphatic carbocycles. The SMILES string of the molecule is CN(CCCCCO)CC(C)(C)CO. The molecular weight excluding hydrogens is 178 g/mol. The third kappa shape index (κ3) is 7.30. The summed E-state index contributed by atoms with van der Waals surface area (Å²) in [4.78, 5) is 2.24. The normalized spacial score (nSPS) is 12.4. The molecule has 0 unspecified atom stereocenters. The van der Waals surface area contributed by atoms with Gasteiger partial charge in [-0.15, -0.1) is 0 Å². The van der Waals surface area contributed by atoms with Crippen LogP contribution in [-0.2, 0) is 0 Å². The highest BCUT2D eigenvalue weighted by Gasteiger charge is 2.18. The highest BCUT2D eigenvalue weighted by atomic mass is 16.3. The summed E-state index contributed by atoms with van der Waals surface area (Å²) < 4.78 is 0. The van der Waals surface area contributed by atoms with Crippen molar-refractivity contribution in [1.82, 2.24) is 4.90 Å². The summed E-state index contributed by atoms with van der Waals surface area (Å²) in [6.07, 6.45) is 3.11. The molecule has 0 rings (SSSR count). The topological polar surface area (TPSA) is 43.7 Å². The van der Waals surface area contributed by atoms with Crippen molar-refractivity contribution in [2.75, 3.05) is 33.4 Å². The highest BCUT2D eigenvalue weighted by molar-refractivity contribution is 4.70. The van der Waals surface area contributed by atoms with Crippen LogP contribution in [0, 0.1) is 5.41 Å². The molecule has 14 heavy (non-hydrogen) atoms. The van der Waals surface area contributed by atoms with E-state index in [1.807, 2.05) is 0 Å². The van der Waals surface area contributed by atoms with Crippen LogP contribution in [-0.4, -0.2) is 48.5 Å². The fraction of sp³-hybridized carbons (Fsp3) is 1.00. The molecular formula is C11H25NO2. The van der Waals surface area contributed by atoms with Crippen LogP contribution in [0.15, 0.2) is 0 Å². The fourth-order valence-electron chi connectivity index (χ4n) is 1.53. The molecule has 0 atom stereocenters. The van der Waals surface area contributed by atoms with E-state index in [4.69, 9.17) is 10.2 Å². The Bertz CT molecular complexity index is 137. The van der Waals surface area contributed by atoms with Gasteiger partial charge in [0.25, 0.3) is 0 Å². The number of hydrogen-bond donors (Lipinski definition) is 2. The van der Waals surface area contributed by atoms with Gasteiger partial charge in [-0.2, -0.15) is 0 Å². The maximum absolute atomic E-state index is 9.09. The van der Waals surface area contributed by atoms with E-state index in [0.717, 1.165) is 32.4 Å². The minimum atomic E-state index is -0.00821. The van der Waals surface area contributed by atoms with Crippen LogP contribution in [0.4, 0.5) is 0 Å². The molecule has 3 nitrogen and oxygen atoms in total. The third-order valence-corrected chi connectivity index (χ3v) is 2.32. The van der Waals surface area contributed by atoms with Crippen LogP contribution in [0.3, 0.4) is 0 Å². The Kier molecular flexibility index (Phi) is 7.15. The predicted molar refractivity (Wildman–Crippen MR) is 59.3 cm³/mol. The van der Waals surface area contributed by atoms with E-state index in [0.29, 0.717) is 6.61 Å². The van der Waals surface area contributed by atoms with Gasteiger partial charge in [0.05, 0.1) is 0 Å². The Balaban J connectivity index is 3.49. The summed E-state index contributed by atoms with van der Waals surface area (Å²) in [6.45, 7) is 6.63. The van der Waals surface area contributed by atoms with E-state index in [-0.39, 0.29) is 12.0 Å². The van der Waals surface area contributed by atoms with Crippen molar-refractivity contribution in [2.45, 2.75) is 33.1 Å². The average Bonchev–Trinajstić information content (AvgIpc) is 2.12. The van der Waals surface area contributed by atoms with E-state index < -0.39 is 0 Å². The Morgan fingerprint density at radius 1 is 1.07 bits per heavy atom. The van der Waals surface area contributed by atoms with Crippen LogP contribution in [0.1, 0.15) is 33.1 Å². The van der Waals surface area contributed by atoms with Gasteiger partial charge in [0, 0.05) is 25.2 Å². The fourth-order valence-corrected chi connectivity index (χ4v) is 1.53. The Hall–Kier alpha value is -0.120. The molecule has 0 heterocycles. The lowest BCUT2D eigenvalue weighted by Gasteiger charge is -2.28. The molecule has 0 aliphatic rings. The molecule has 3 heteroatoms. The van der Waals surface area contributed by atoms with Crippen LogP contribution >= 0.6 is 0 Å². The van der Waals surface area contributed by atoms with E-state index in [1.165, 1.54) is 0 Å². The van der Waals surface area contributed by atoms with Crippen molar-refractivity contribution in [3.8, 4) is 0 Å². The van der Waals surface area contributed by atoms with Crippen molar-refractivity contribution < 1.29 is 10.2 Å². The molecule has 86 valence electrons. The van der Waals surface area contributed by atoms with Crippen molar-refractivity contribution >= 4 is 0 Å². The van der Waals surface area contributed by atoms with Gasteiger partial charge in [-0.1, -0.05) is 13.8 Å². The van der Waals surface area contributed by atoms with Crippen LogP contribution in [0.25, 0.3) is 0 Å². The van der Waals surface area contributed by atoms with Crippen molar-refractivity contribution in [3.63, 3.8) is 0 Å². The second-order valence-corrected chi connectivity index (χ2v) is 4.84. The lowest BCUT2D eigenvalue weighted by molar-refractivity contribution is 0.114. The van der Waals surface area contributed by atoms with Crippen LogP contribution < -0.4 is 0 Å². The van der Waals surface area contributed by atoms with Gasteiger partial charge in [0.2, 0.25) is 0 Å². The maximum Gasteiger partial charge on any atom is 0.0494 e. The molecule has 0 aromatic rings. The summed E-state index contributed by atoms with van der Waals surface area (Å²) in [7, 11) is 2.08. The number of aliphatic hydroxyl groups is 2. The van der Waals surface area contributed by atoms with Gasteiger partial charge in [0.15, 0.2) is 0 Å². The zero-order valence-corrected chi connectivity index (χ0v) is 9.79. The second-order valence-electron chi connectivity index (χ2n) is 4.84. The van der Waals surface area contributed by atoms with E-state index >= 15 is 0 Å². The molecule has 0 saturated carbocycles. The Morgan fingerprint density at radius 3 is 2.21 bits per heavy atom. The lowest BCUT2D eigenvalue weighted by Crippen LogP contribution is -2.34. The van der Waals surface area contributed by atoms with Crippen molar-refractivity contribution in [1.29, 1.82) is 0 Å². The van der Waals surface area contributed by atoms with Gasteiger partial charge in [0.1, 0.15) is 0 Å². The lowest BCUT2D eigenvalue weighted by atomic mass is 9.94. The first-order valence-corrected chi connectivity index (χ1v) is 5.42. The number of hydrogen-bond acceptors (Lipinski definition) is 3. The molecule has 0 saturated heterocycles. The molecule has 0 aromatic carbocycles. The monoisotopic (exact) mass is 203 g/mol. The zero-order valence-electron chi connectivity index (χ0n) is 9.79. The van der Waals surface area contributed by atoms with Gasteiger partial charge in [-0.3, -0.25) is 0 Å². The molecule has 0 aromatic heterocycles. The van der Waals surface area contributed by atoms with Crippen molar-refractivity contribution in [3.05, 3.63) is 0 Å². The smallest absolute Gasteiger partial charge is 0.0494 e. The Labute approximate surface area is 87.7 Å². The number of aliphatic hydroxyl groups excluding tert-OH is 2. The standard InChI is InChI=1S/C11H25NO2/c1-11(2,10-14)9-12(3)7-5-4-6-8-13/h13-14H,4-10H2,1-3H3. The van der Waals surface area contributed by atoms with Crippen LogP contribution in [0.5, 0.6) is 0 Å². The van der Waals surface area contributed by atoms with Crippen LogP contribution in [0.2, 0.25) is 0 Å². The van der Waals surface area contributed by atoms with E-state index in [9.17, 15) is 0 Å². The molecule has 0 spiro atoms. The van der Waals surface area contributed by atoms with E-state index in [1.54, 1.807) is 0 Å². The summed E-state index contributed by atoms with van der Waals surface area (Å²) >= 11 is 0. The van der Waals surface area contributed by atoms with Gasteiger partial charge >= 0.3 is 0 Å². The first-order valence-electron chi connectivity index (χ1n) is 5.42. The maximum atomic E-state index is 9.09. The summed E-state index contributed by atoms with van der Waals surface area (Å²) in [5.74, 6) is 0. The van der Waals surface area contributed by atoms with Gasteiger partial charge in [-0.25, -0.2) is 0 Å². The molecule has 0 aliphatic heterocycles. The minimum absolute atomic E-state index is 0.00821. The largest absolute Gasteiger partial charge is 0.396 e. The minimum Gasteiger partial charge on any atom is -0.396 e. The van der Waals surface area contributed by atoms with E-state index in [2.05, 4.69) is 25.8 Å². The quantitative estimate of drug-likeness (QED) is 0.581. The van der Waals surface area contributed by atoms with Gasteiger partial charge < -0.3 is 15.1 Å². The predicted octanol–water partition coefficient (Wildman–Crippen LogP) is 1.10. The number of nitrogens with zero attached hydrogens (tertiary/aromatic N) is 1. The molecule has 0 bridgehead atoms. The Morgan fingerprint density at radius 2 is 1.71 bits per heavy atom. The summed E-state index contributed by atoms with van der Waals surface area (Å²) in [5.41, 5.74) is -0.00821. The zero-order chi connectivity index (χ0) is 11.0. The first kappa shape index (κ1) is 13.9. The first-order chi connectivity index (χ1) is 6.52. The van der Waals surface area contributed by atoms with Gasteiger partial charge in [-0.05, 0) is 32.9 Å². The average molecular weight is 203 g/mol. The second kappa shape index (κ2) is 7.21. The number of rotatable bonds is 8.